The van der Waals surface area contributed by atoms with E-state index in [4.69, 9.17) is 15.6 Å². The molecule has 70 valence electrons. The van der Waals surface area contributed by atoms with Gasteiger partial charge in [0, 0.05) is 14.1 Å². The molecular weight excluding hydrogens is 160 g/mol. The van der Waals surface area contributed by atoms with Crippen molar-refractivity contribution in [3.63, 3.8) is 0 Å². The number of carboxylic acid groups (broad SMARTS) is 1. The van der Waals surface area contributed by atoms with Crippen LogP contribution in [0.15, 0.2) is 11.8 Å². The number of allylic oxidation sites excluding steroid dienone is 1. The van der Waals surface area contributed by atoms with Crippen molar-refractivity contribution in [2.45, 2.75) is 6.92 Å². The predicted molar refractivity (Wildman–Crippen MR) is 45.3 cm³/mol. The van der Waals surface area contributed by atoms with Gasteiger partial charge in [0.1, 0.15) is 0 Å². The van der Waals surface area contributed by atoms with Crippen LogP contribution in [-0.4, -0.2) is 36.5 Å². The number of rotatable bonds is 2. The Balaban J connectivity index is 0. The van der Waals surface area contributed by atoms with Gasteiger partial charge < -0.3 is 15.7 Å². The summed E-state index contributed by atoms with van der Waals surface area (Å²) in [7, 11) is 3.56. The number of carbonyl (C=O) groups excluding carboxylic acids is 1. The number of likely N-dealkylation sites (N-methyl/N-ethyl adjacent to an activating group) is 1. The van der Waals surface area contributed by atoms with Crippen LogP contribution in [0.3, 0.4) is 0 Å². The molecule has 0 aromatic rings. The van der Waals surface area contributed by atoms with E-state index in [0.717, 1.165) is 0 Å². The standard InChI is InChI=1S/C6H12N2O.CH2O2/c1-4-5(6(7)9)8(2)3;2-1-3/h4H,1-3H3,(H2,7,9);1H,(H,2,3). The third-order valence-corrected chi connectivity index (χ3v) is 1.01. The van der Waals surface area contributed by atoms with Gasteiger partial charge in [-0.25, -0.2) is 0 Å². The van der Waals surface area contributed by atoms with Crippen LogP contribution >= 0.6 is 0 Å². The van der Waals surface area contributed by atoms with E-state index in [-0.39, 0.29) is 12.4 Å². The molecule has 0 bridgehead atoms. The molecule has 5 heteroatoms. The maximum absolute atomic E-state index is 10.5. The molecule has 0 aliphatic carbocycles. The van der Waals surface area contributed by atoms with Crippen molar-refractivity contribution in [2.75, 3.05) is 14.1 Å². The summed E-state index contributed by atoms with van der Waals surface area (Å²) in [6, 6.07) is 0. The van der Waals surface area contributed by atoms with Gasteiger partial charge in [0.05, 0.1) is 5.70 Å². The molecule has 0 aliphatic heterocycles. The molecule has 12 heavy (non-hydrogen) atoms. The van der Waals surface area contributed by atoms with Crippen LogP contribution in [0.1, 0.15) is 6.92 Å². The molecule has 3 N–H and O–H groups in total. The highest BCUT2D eigenvalue weighted by atomic mass is 16.3. The maximum atomic E-state index is 10.5. The molecule has 0 aromatic carbocycles. The zero-order valence-corrected chi connectivity index (χ0v) is 7.44. The molecule has 0 aromatic heterocycles. The van der Waals surface area contributed by atoms with Crippen molar-refractivity contribution < 1.29 is 14.7 Å². The Morgan fingerprint density at radius 3 is 1.83 bits per heavy atom. The molecule has 0 rings (SSSR count). The highest BCUT2D eigenvalue weighted by molar-refractivity contribution is 5.91. The van der Waals surface area contributed by atoms with Crippen molar-refractivity contribution in [3.05, 3.63) is 11.8 Å². The Morgan fingerprint density at radius 2 is 1.83 bits per heavy atom. The minimum absolute atomic E-state index is 0.250. The SMILES string of the molecule is CC=C(C(N)=O)N(C)C.O=CO. The zero-order chi connectivity index (χ0) is 10.1. The molecule has 0 atom stereocenters. The zero-order valence-electron chi connectivity index (χ0n) is 7.44. The van der Waals surface area contributed by atoms with Gasteiger partial charge in [0.25, 0.3) is 12.4 Å². The molecular formula is C7H14N2O3. The summed E-state index contributed by atoms with van der Waals surface area (Å²) in [6.45, 7) is 1.53. The summed E-state index contributed by atoms with van der Waals surface area (Å²) < 4.78 is 0. The lowest BCUT2D eigenvalue weighted by Crippen LogP contribution is -2.24. The van der Waals surface area contributed by atoms with Gasteiger partial charge in [-0.2, -0.15) is 0 Å². The van der Waals surface area contributed by atoms with E-state index >= 15 is 0 Å². The summed E-state index contributed by atoms with van der Waals surface area (Å²) in [6.07, 6.45) is 1.68. The van der Waals surface area contributed by atoms with Gasteiger partial charge in [0.2, 0.25) is 0 Å². The summed E-state index contributed by atoms with van der Waals surface area (Å²) in [5.74, 6) is -0.387. The van der Waals surface area contributed by atoms with Gasteiger partial charge >= 0.3 is 0 Å². The number of amides is 1. The summed E-state index contributed by atoms with van der Waals surface area (Å²) in [5, 5.41) is 6.89. The molecule has 0 unspecified atom stereocenters. The Hall–Kier alpha value is -1.52. The second-order valence-corrected chi connectivity index (χ2v) is 2.04. The summed E-state index contributed by atoms with van der Waals surface area (Å²) >= 11 is 0. The second kappa shape index (κ2) is 7.59. The van der Waals surface area contributed by atoms with Crippen LogP contribution in [0.5, 0.6) is 0 Å². The molecule has 0 fully saturated rings. The summed E-state index contributed by atoms with van der Waals surface area (Å²) in [5.41, 5.74) is 5.54. The molecule has 1 amide bonds. The van der Waals surface area contributed by atoms with Crippen LogP contribution in [0.25, 0.3) is 0 Å². The predicted octanol–water partition coefficient (Wildman–Crippen LogP) is -0.362. The number of primary amides is 1. The smallest absolute Gasteiger partial charge is 0.290 e. The van der Waals surface area contributed by atoms with Crippen LogP contribution < -0.4 is 5.73 Å². The van der Waals surface area contributed by atoms with E-state index in [2.05, 4.69) is 0 Å². The van der Waals surface area contributed by atoms with Gasteiger partial charge in [0.15, 0.2) is 0 Å². The average Bonchev–Trinajstić information content (AvgIpc) is 1.88. The molecule has 0 spiro atoms. The fraction of sp³-hybridized carbons (Fsp3) is 0.429. The average molecular weight is 174 g/mol. The van der Waals surface area contributed by atoms with Crippen molar-refractivity contribution in [1.82, 2.24) is 4.90 Å². The van der Waals surface area contributed by atoms with Gasteiger partial charge in [-0.15, -0.1) is 0 Å². The Labute approximate surface area is 71.5 Å². The number of nitrogens with zero attached hydrogens (tertiary/aromatic N) is 1. The first-order valence-corrected chi connectivity index (χ1v) is 3.22. The molecule has 5 nitrogen and oxygen atoms in total. The van der Waals surface area contributed by atoms with Crippen molar-refractivity contribution in [1.29, 1.82) is 0 Å². The topological polar surface area (TPSA) is 83.6 Å². The molecule has 0 saturated carbocycles. The molecule has 0 saturated heterocycles. The number of hydrogen-bond donors (Lipinski definition) is 2. The number of carbonyl (C=O) groups is 2. The van der Waals surface area contributed by atoms with E-state index in [0.29, 0.717) is 5.70 Å². The molecule has 0 radical (unpaired) electrons. The van der Waals surface area contributed by atoms with E-state index in [9.17, 15) is 4.79 Å². The van der Waals surface area contributed by atoms with E-state index < -0.39 is 0 Å². The second-order valence-electron chi connectivity index (χ2n) is 2.04. The highest BCUT2D eigenvalue weighted by Crippen LogP contribution is 1.94. The first-order chi connectivity index (χ1) is 5.51. The lowest BCUT2D eigenvalue weighted by Gasteiger charge is -2.12. The van der Waals surface area contributed by atoms with Gasteiger partial charge in [-0.05, 0) is 6.92 Å². The lowest BCUT2D eigenvalue weighted by molar-refractivity contribution is -0.123. The quantitative estimate of drug-likeness (QED) is 0.442. The van der Waals surface area contributed by atoms with Crippen LogP contribution in [-0.2, 0) is 9.59 Å². The Bertz CT molecular complexity index is 175. The normalized spacial score (nSPS) is 9.42. The third kappa shape index (κ3) is 6.60. The monoisotopic (exact) mass is 174 g/mol. The third-order valence-electron chi connectivity index (χ3n) is 1.01. The van der Waals surface area contributed by atoms with Crippen molar-refractivity contribution in [2.24, 2.45) is 5.73 Å². The van der Waals surface area contributed by atoms with Gasteiger partial charge in [-0.3, -0.25) is 9.59 Å². The maximum Gasteiger partial charge on any atom is 0.290 e. The minimum atomic E-state index is -0.387. The van der Waals surface area contributed by atoms with Gasteiger partial charge in [-0.1, -0.05) is 6.08 Å². The van der Waals surface area contributed by atoms with Crippen molar-refractivity contribution >= 4 is 12.4 Å². The fourth-order valence-corrected chi connectivity index (χ4v) is 0.621. The summed E-state index contributed by atoms with van der Waals surface area (Å²) in [4.78, 5) is 20.5. The fourth-order valence-electron chi connectivity index (χ4n) is 0.621. The molecule has 0 heterocycles. The van der Waals surface area contributed by atoms with Crippen LogP contribution in [0.2, 0.25) is 0 Å². The van der Waals surface area contributed by atoms with Crippen LogP contribution in [0.4, 0.5) is 0 Å². The van der Waals surface area contributed by atoms with Crippen LogP contribution in [0, 0.1) is 0 Å². The van der Waals surface area contributed by atoms with E-state index in [1.54, 1.807) is 32.0 Å². The lowest BCUT2D eigenvalue weighted by atomic mass is 10.4. The molecule has 0 aliphatic rings. The Kier molecular flexibility index (Phi) is 8.28. The first kappa shape index (κ1) is 13.1. The highest BCUT2D eigenvalue weighted by Gasteiger charge is 2.02. The van der Waals surface area contributed by atoms with E-state index in [1.807, 2.05) is 0 Å². The largest absolute Gasteiger partial charge is 0.483 e. The number of hydrogen-bond acceptors (Lipinski definition) is 3. The number of nitrogens with two attached hydrogens (primary N) is 1. The van der Waals surface area contributed by atoms with E-state index in [1.165, 1.54) is 0 Å². The minimum Gasteiger partial charge on any atom is -0.483 e. The Morgan fingerprint density at radius 1 is 1.50 bits per heavy atom. The first-order valence-electron chi connectivity index (χ1n) is 3.22. The van der Waals surface area contributed by atoms with Crippen molar-refractivity contribution in [3.8, 4) is 0 Å².